The highest BCUT2D eigenvalue weighted by Crippen LogP contribution is 2.50. The van der Waals surface area contributed by atoms with Crippen LogP contribution < -0.4 is 10.6 Å². The monoisotopic (exact) mass is 389 g/mol. The fourth-order valence-corrected chi connectivity index (χ4v) is 4.87. The number of imidazole rings is 1. The smallest absolute Gasteiger partial charge is 0.137 e. The van der Waals surface area contributed by atoms with E-state index in [-0.39, 0.29) is 6.61 Å². The highest BCUT2D eigenvalue weighted by Gasteiger charge is 2.45. The Balaban J connectivity index is 1.31. The summed E-state index contributed by atoms with van der Waals surface area (Å²) >= 11 is 0. The molecule has 0 aromatic carbocycles. The summed E-state index contributed by atoms with van der Waals surface area (Å²) < 4.78 is 2.13. The van der Waals surface area contributed by atoms with Gasteiger partial charge in [0.1, 0.15) is 11.5 Å². The van der Waals surface area contributed by atoms with Crippen molar-refractivity contribution in [2.24, 2.45) is 5.41 Å². The van der Waals surface area contributed by atoms with Crippen LogP contribution in [0.1, 0.15) is 49.1 Å². The molecule has 6 heteroatoms. The van der Waals surface area contributed by atoms with E-state index >= 15 is 0 Å². The Bertz CT molecular complexity index is 1070. The second-order valence-corrected chi connectivity index (χ2v) is 9.14. The summed E-state index contributed by atoms with van der Waals surface area (Å²) in [4.78, 5) is 9.49. The number of anilines is 1. The van der Waals surface area contributed by atoms with E-state index in [1.54, 1.807) is 0 Å². The van der Waals surface area contributed by atoms with Gasteiger partial charge in [-0.2, -0.15) is 0 Å². The molecule has 1 aliphatic heterocycles. The van der Waals surface area contributed by atoms with Crippen molar-refractivity contribution in [3.05, 3.63) is 47.8 Å². The van der Waals surface area contributed by atoms with Gasteiger partial charge in [-0.15, -0.1) is 0 Å². The van der Waals surface area contributed by atoms with Crippen LogP contribution in [0.5, 0.6) is 0 Å². The molecule has 1 unspecified atom stereocenters. The average Bonchev–Trinajstić information content (AvgIpc) is 3.67. The molecule has 6 rings (SSSR count). The zero-order valence-electron chi connectivity index (χ0n) is 16.6. The maximum absolute atomic E-state index is 9.75. The number of nitrogens with zero attached hydrogens (tertiary/aromatic N) is 3. The number of fused-ring (bicyclic) bond motifs is 1. The summed E-state index contributed by atoms with van der Waals surface area (Å²) in [5.41, 5.74) is 5.57. The lowest BCUT2D eigenvalue weighted by molar-refractivity contribution is 0.280. The number of nitrogens with one attached hydrogen (secondary N) is 2. The Labute approximate surface area is 170 Å². The molecule has 1 spiro atoms. The third kappa shape index (κ3) is 3.20. The van der Waals surface area contributed by atoms with Crippen LogP contribution in [0.2, 0.25) is 0 Å². The summed E-state index contributed by atoms with van der Waals surface area (Å²) in [6.07, 6.45) is 10.4. The predicted molar refractivity (Wildman–Crippen MR) is 113 cm³/mol. The molecule has 0 radical (unpaired) electrons. The van der Waals surface area contributed by atoms with Gasteiger partial charge in [-0.25, -0.2) is 9.97 Å². The molecule has 1 atom stereocenters. The summed E-state index contributed by atoms with van der Waals surface area (Å²) in [6, 6.07) is 8.62. The van der Waals surface area contributed by atoms with E-state index in [0.29, 0.717) is 17.4 Å². The first-order valence-electron chi connectivity index (χ1n) is 10.8. The lowest BCUT2D eigenvalue weighted by atomic mass is 9.93. The Morgan fingerprint density at radius 1 is 1.28 bits per heavy atom. The van der Waals surface area contributed by atoms with Gasteiger partial charge in [0, 0.05) is 25.3 Å². The molecular formula is C23H27N5O. The minimum absolute atomic E-state index is 0.0685. The Kier molecular flexibility index (Phi) is 3.93. The quantitative estimate of drug-likeness (QED) is 0.624. The number of rotatable bonds is 5. The first kappa shape index (κ1) is 17.4. The molecule has 2 aliphatic carbocycles. The normalized spacial score (nSPS) is 22.9. The number of piperidine rings is 1. The van der Waals surface area contributed by atoms with E-state index < -0.39 is 0 Å². The molecule has 4 heterocycles. The van der Waals surface area contributed by atoms with Crippen LogP contribution in [-0.4, -0.2) is 38.6 Å². The number of aliphatic hydroxyl groups excluding tert-OH is 1. The SMILES string of the molecule is OCc1cc2ncc(-c3cccc(NC4CNCC5(CC5)C4)n3)n2cc1C1CC1. The van der Waals surface area contributed by atoms with Crippen LogP contribution in [0.25, 0.3) is 17.0 Å². The summed E-state index contributed by atoms with van der Waals surface area (Å²) in [6.45, 7) is 2.23. The maximum atomic E-state index is 9.75. The van der Waals surface area contributed by atoms with Gasteiger partial charge in [0.25, 0.3) is 0 Å². The summed E-state index contributed by atoms with van der Waals surface area (Å²) in [5, 5.41) is 17.0. The topological polar surface area (TPSA) is 74.5 Å². The van der Waals surface area contributed by atoms with Crippen LogP contribution in [0.4, 0.5) is 5.82 Å². The molecule has 0 bridgehead atoms. The van der Waals surface area contributed by atoms with Crippen LogP contribution in [0, 0.1) is 5.41 Å². The van der Waals surface area contributed by atoms with Gasteiger partial charge < -0.3 is 15.7 Å². The number of hydrogen-bond donors (Lipinski definition) is 3. The summed E-state index contributed by atoms with van der Waals surface area (Å²) in [7, 11) is 0. The number of hydrogen-bond acceptors (Lipinski definition) is 5. The third-order valence-corrected chi connectivity index (χ3v) is 6.85. The molecule has 1 saturated heterocycles. The van der Waals surface area contributed by atoms with E-state index in [4.69, 9.17) is 4.98 Å². The lowest BCUT2D eigenvalue weighted by Gasteiger charge is -2.31. The van der Waals surface area contributed by atoms with Crippen LogP contribution >= 0.6 is 0 Å². The molecule has 3 fully saturated rings. The molecule has 29 heavy (non-hydrogen) atoms. The van der Waals surface area contributed by atoms with Gasteiger partial charge in [0.2, 0.25) is 0 Å². The molecule has 150 valence electrons. The molecule has 3 aromatic rings. The lowest BCUT2D eigenvalue weighted by Crippen LogP contribution is -2.44. The minimum Gasteiger partial charge on any atom is -0.392 e. The largest absolute Gasteiger partial charge is 0.392 e. The standard InChI is InChI=1S/C23H27N5O/c29-13-16-8-22-25-11-20(28(22)12-18(16)15-4-5-15)19-2-1-3-21(27-19)26-17-9-23(6-7-23)14-24-10-17/h1-3,8,11-12,15,17,24,29H,4-7,9-10,13-14H2,(H,26,27). The van der Waals surface area contributed by atoms with E-state index in [2.05, 4.69) is 38.3 Å². The molecule has 3 N–H and O–H groups in total. The predicted octanol–water partition coefficient (Wildman–Crippen LogP) is 3.32. The zero-order chi connectivity index (χ0) is 19.4. The van der Waals surface area contributed by atoms with Crippen molar-refractivity contribution in [2.45, 2.75) is 50.7 Å². The molecule has 6 nitrogen and oxygen atoms in total. The van der Waals surface area contributed by atoms with Crippen molar-refractivity contribution in [3.63, 3.8) is 0 Å². The summed E-state index contributed by atoms with van der Waals surface area (Å²) in [5.74, 6) is 1.50. The van der Waals surface area contributed by atoms with Crippen molar-refractivity contribution < 1.29 is 5.11 Å². The molecule has 3 aliphatic rings. The molecule has 0 amide bonds. The van der Waals surface area contributed by atoms with Gasteiger partial charge in [-0.05, 0) is 72.8 Å². The fraction of sp³-hybridized carbons (Fsp3) is 0.478. The van der Waals surface area contributed by atoms with Crippen molar-refractivity contribution in [1.82, 2.24) is 19.7 Å². The maximum Gasteiger partial charge on any atom is 0.137 e. The van der Waals surface area contributed by atoms with Gasteiger partial charge >= 0.3 is 0 Å². The van der Waals surface area contributed by atoms with E-state index in [9.17, 15) is 5.11 Å². The van der Waals surface area contributed by atoms with Crippen LogP contribution in [0.15, 0.2) is 36.7 Å². The van der Waals surface area contributed by atoms with E-state index in [1.165, 1.54) is 44.2 Å². The van der Waals surface area contributed by atoms with Crippen molar-refractivity contribution >= 4 is 11.5 Å². The van der Waals surface area contributed by atoms with Crippen molar-refractivity contribution in [1.29, 1.82) is 0 Å². The molecule has 3 aromatic heterocycles. The van der Waals surface area contributed by atoms with Crippen LogP contribution in [0.3, 0.4) is 0 Å². The van der Waals surface area contributed by atoms with Crippen LogP contribution in [-0.2, 0) is 6.61 Å². The second kappa shape index (κ2) is 6.54. The van der Waals surface area contributed by atoms with Crippen molar-refractivity contribution in [2.75, 3.05) is 18.4 Å². The fourth-order valence-electron chi connectivity index (χ4n) is 4.87. The first-order valence-corrected chi connectivity index (χ1v) is 10.8. The van der Waals surface area contributed by atoms with Gasteiger partial charge in [0.05, 0.1) is 24.2 Å². The number of aliphatic hydroxyl groups is 1. The Morgan fingerprint density at radius 3 is 2.97 bits per heavy atom. The average molecular weight is 390 g/mol. The Morgan fingerprint density at radius 2 is 2.17 bits per heavy atom. The van der Waals surface area contributed by atoms with Gasteiger partial charge in [-0.3, -0.25) is 4.40 Å². The highest BCUT2D eigenvalue weighted by molar-refractivity contribution is 5.63. The second-order valence-electron chi connectivity index (χ2n) is 9.14. The van der Waals surface area contributed by atoms with Gasteiger partial charge in [-0.1, -0.05) is 6.07 Å². The molecule has 2 saturated carbocycles. The Hall–Kier alpha value is -2.44. The van der Waals surface area contributed by atoms with E-state index in [1.807, 2.05) is 18.3 Å². The highest BCUT2D eigenvalue weighted by atomic mass is 16.3. The first-order chi connectivity index (χ1) is 14.2. The minimum atomic E-state index is 0.0685. The number of aromatic nitrogens is 3. The van der Waals surface area contributed by atoms with Gasteiger partial charge in [0.15, 0.2) is 0 Å². The number of pyridine rings is 2. The van der Waals surface area contributed by atoms with Crippen molar-refractivity contribution in [3.8, 4) is 11.4 Å². The zero-order valence-corrected chi connectivity index (χ0v) is 16.6. The molecular weight excluding hydrogens is 362 g/mol. The van der Waals surface area contributed by atoms with E-state index in [0.717, 1.165) is 35.0 Å². The third-order valence-electron chi connectivity index (χ3n) is 6.85.